The smallest absolute Gasteiger partial charge is 0.0869 e. The highest BCUT2D eigenvalue weighted by Gasteiger charge is 2.31. The molecule has 0 amide bonds. The lowest BCUT2D eigenvalue weighted by molar-refractivity contribution is 0.0651. The second kappa shape index (κ2) is 5.63. The quantitative estimate of drug-likeness (QED) is 0.858. The fraction of sp³-hybridized carbons (Fsp3) is 0.769. The summed E-state index contributed by atoms with van der Waals surface area (Å²) in [5.74, 6) is 1.91. The summed E-state index contributed by atoms with van der Waals surface area (Å²) in [5, 5.41) is 18.0. The number of aliphatic hydroxyl groups is 1. The Kier molecular flexibility index (Phi) is 4.35. The van der Waals surface area contributed by atoms with E-state index >= 15 is 0 Å². The molecule has 2 N–H and O–H groups in total. The van der Waals surface area contributed by atoms with Gasteiger partial charge in [0, 0.05) is 36.1 Å². The maximum absolute atomic E-state index is 10.3. The third-order valence-electron chi connectivity index (χ3n) is 3.47. The van der Waals surface area contributed by atoms with Gasteiger partial charge in [0.15, 0.2) is 0 Å². The van der Waals surface area contributed by atoms with Crippen LogP contribution in [0.5, 0.6) is 0 Å². The molecule has 2 atom stereocenters. The lowest BCUT2D eigenvalue weighted by Gasteiger charge is -2.24. The summed E-state index contributed by atoms with van der Waals surface area (Å²) < 4.78 is 1.97. The summed E-state index contributed by atoms with van der Waals surface area (Å²) in [6.45, 7) is 7.02. The predicted octanol–water partition coefficient (Wildman–Crippen LogP) is 1.98. The van der Waals surface area contributed by atoms with Crippen LogP contribution in [0.1, 0.15) is 44.8 Å². The molecule has 2 rings (SSSR count). The van der Waals surface area contributed by atoms with Gasteiger partial charge in [-0.05, 0) is 32.9 Å². The Morgan fingerprint density at radius 2 is 2.33 bits per heavy atom. The lowest BCUT2D eigenvalue weighted by atomic mass is 10.0. The Bertz CT molecular complexity index is 385. The predicted molar refractivity (Wildman–Crippen MR) is 75.9 cm³/mol. The van der Waals surface area contributed by atoms with Crippen LogP contribution in [0, 0.1) is 0 Å². The summed E-state index contributed by atoms with van der Waals surface area (Å²) >= 11 is 1.83. The zero-order valence-corrected chi connectivity index (χ0v) is 12.2. The molecular weight excluding hydrogens is 246 g/mol. The fourth-order valence-corrected chi connectivity index (χ4v) is 3.35. The number of nitrogens with zero attached hydrogens (tertiary/aromatic N) is 2. The molecule has 1 aromatic heterocycles. The number of thioether (sulfide) groups is 1. The maximum Gasteiger partial charge on any atom is 0.0869 e. The van der Waals surface area contributed by atoms with Crippen LogP contribution in [0.15, 0.2) is 12.4 Å². The first-order valence-corrected chi connectivity index (χ1v) is 7.73. The van der Waals surface area contributed by atoms with Gasteiger partial charge in [-0.15, -0.1) is 0 Å². The van der Waals surface area contributed by atoms with Crippen molar-refractivity contribution < 1.29 is 5.11 Å². The number of nitrogens with one attached hydrogen (secondary N) is 1. The van der Waals surface area contributed by atoms with Crippen molar-refractivity contribution >= 4 is 11.8 Å². The molecule has 1 saturated heterocycles. The van der Waals surface area contributed by atoms with Gasteiger partial charge < -0.3 is 10.4 Å². The normalized spacial score (nSPS) is 25.8. The third-order valence-corrected chi connectivity index (χ3v) is 4.70. The minimum Gasteiger partial charge on any atom is -0.388 e. The highest BCUT2D eigenvalue weighted by atomic mass is 32.2. The van der Waals surface area contributed by atoms with E-state index in [-0.39, 0.29) is 6.04 Å². The van der Waals surface area contributed by atoms with Crippen molar-refractivity contribution in [3.05, 3.63) is 18.0 Å². The Labute approximate surface area is 113 Å². The highest BCUT2D eigenvalue weighted by Crippen LogP contribution is 2.27. The molecule has 0 radical (unpaired) electrons. The molecule has 1 aromatic rings. The number of hydrogen-bond donors (Lipinski definition) is 2. The SMILES string of the molecule is CC(NCC1(O)CCSC1)c1cnn(C(C)C)c1. The lowest BCUT2D eigenvalue weighted by Crippen LogP contribution is -2.41. The van der Waals surface area contributed by atoms with Gasteiger partial charge in [0.25, 0.3) is 0 Å². The highest BCUT2D eigenvalue weighted by molar-refractivity contribution is 7.99. The largest absolute Gasteiger partial charge is 0.388 e. The first kappa shape index (κ1) is 13.9. The molecular formula is C13H23N3OS. The molecule has 5 heteroatoms. The van der Waals surface area contributed by atoms with Crippen LogP contribution in [0.2, 0.25) is 0 Å². The number of aromatic nitrogens is 2. The topological polar surface area (TPSA) is 50.1 Å². The zero-order chi connectivity index (χ0) is 13.2. The summed E-state index contributed by atoms with van der Waals surface area (Å²) in [6, 6.07) is 0.619. The summed E-state index contributed by atoms with van der Waals surface area (Å²) in [5.41, 5.74) is 0.658. The van der Waals surface area contributed by atoms with Gasteiger partial charge in [-0.3, -0.25) is 4.68 Å². The van der Waals surface area contributed by atoms with E-state index in [1.165, 1.54) is 5.56 Å². The molecule has 0 bridgehead atoms. The van der Waals surface area contributed by atoms with Crippen molar-refractivity contribution in [2.75, 3.05) is 18.1 Å². The molecule has 18 heavy (non-hydrogen) atoms. The summed E-state index contributed by atoms with van der Waals surface area (Å²) in [6.07, 6.45) is 4.88. The Balaban J connectivity index is 1.88. The van der Waals surface area contributed by atoms with Crippen molar-refractivity contribution in [2.24, 2.45) is 0 Å². The summed E-state index contributed by atoms with van der Waals surface area (Å²) in [4.78, 5) is 0. The second-order valence-corrected chi connectivity index (χ2v) is 6.58. The van der Waals surface area contributed by atoms with Crippen molar-refractivity contribution in [3.8, 4) is 0 Å². The van der Waals surface area contributed by atoms with Gasteiger partial charge in [-0.25, -0.2) is 0 Å². The minimum atomic E-state index is -0.521. The molecule has 1 fully saturated rings. The van der Waals surface area contributed by atoms with Crippen LogP contribution >= 0.6 is 11.8 Å². The van der Waals surface area contributed by atoms with E-state index in [1.807, 2.05) is 22.6 Å². The Hall–Kier alpha value is -0.520. The van der Waals surface area contributed by atoms with Gasteiger partial charge in [-0.2, -0.15) is 16.9 Å². The molecule has 102 valence electrons. The molecule has 1 aliphatic heterocycles. The van der Waals surface area contributed by atoms with Crippen LogP contribution in [0.25, 0.3) is 0 Å². The molecule has 2 unspecified atom stereocenters. The van der Waals surface area contributed by atoms with Crippen molar-refractivity contribution in [1.29, 1.82) is 0 Å². The van der Waals surface area contributed by atoms with E-state index in [4.69, 9.17) is 0 Å². The number of hydrogen-bond acceptors (Lipinski definition) is 4. The molecule has 0 aliphatic carbocycles. The molecule has 1 aliphatic rings. The van der Waals surface area contributed by atoms with Crippen LogP contribution in [-0.4, -0.2) is 38.5 Å². The van der Waals surface area contributed by atoms with E-state index in [0.29, 0.717) is 12.6 Å². The fourth-order valence-electron chi connectivity index (χ4n) is 2.06. The van der Waals surface area contributed by atoms with Gasteiger partial charge in [-0.1, -0.05) is 0 Å². The summed E-state index contributed by atoms with van der Waals surface area (Å²) in [7, 11) is 0. The standard InChI is InChI=1S/C13H23N3OS/c1-10(2)16-7-12(6-15-16)11(3)14-8-13(17)4-5-18-9-13/h6-7,10-11,14,17H,4-5,8-9H2,1-3H3. The van der Waals surface area contributed by atoms with Crippen LogP contribution in [0.3, 0.4) is 0 Å². The van der Waals surface area contributed by atoms with E-state index in [9.17, 15) is 5.11 Å². The van der Waals surface area contributed by atoms with Crippen molar-refractivity contribution in [2.45, 2.75) is 44.9 Å². The first-order chi connectivity index (χ1) is 8.50. The molecule has 0 spiro atoms. The van der Waals surface area contributed by atoms with Gasteiger partial charge in [0.1, 0.15) is 0 Å². The molecule has 2 heterocycles. The molecule has 0 aromatic carbocycles. The van der Waals surface area contributed by atoms with Gasteiger partial charge in [0.05, 0.1) is 11.8 Å². The zero-order valence-electron chi connectivity index (χ0n) is 11.4. The van der Waals surface area contributed by atoms with Gasteiger partial charge >= 0.3 is 0 Å². The Morgan fingerprint density at radius 3 is 2.89 bits per heavy atom. The van der Waals surface area contributed by atoms with Crippen molar-refractivity contribution in [1.82, 2.24) is 15.1 Å². The van der Waals surface area contributed by atoms with Crippen LogP contribution < -0.4 is 5.32 Å². The number of rotatable bonds is 5. The van der Waals surface area contributed by atoms with Crippen LogP contribution in [0.4, 0.5) is 0 Å². The van der Waals surface area contributed by atoms with Gasteiger partial charge in [0.2, 0.25) is 0 Å². The van der Waals surface area contributed by atoms with E-state index < -0.39 is 5.60 Å². The monoisotopic (exact) mass is 269 g/mol. The van der Waals surface area contributed by atoms with E-state index in [1.54, 1.807) is 0 Å². The van der Waals surface area contributed by atoms with Crippen LogP contribution in [-0.2, 0) is 0 Å². The third kappa shape index (κ3) is 3.28. The van der Waals surface area contributed by atoms with E-state index in [2.05, 4.69) is 37.4 Å². The minimum absolute atomic E-state index is 0.229. The van der Waals surface area contributed by atoms with Crippen molar-refractivity contribution in [3.63, 3.8) is 0 Å². The Morgan fingerprint density at radius 1 is 1.56 bits per heavy atom. The van der Waals surface area contributed by atoms with E-state index in [0.717, 1.165) is 17.9 Å². The molecule has 4 nitrogen and oxygen atoms in total. The average molecular weight is 269 g/mol. The molecule has 0 saturated carbocycles. The maximum atomic E-state index is 10.3. The second-order valence-electron chi connectivity index (χ2n) is 5.48. The average Bonchev–Trinajstić information content (AvgIpc) is 2.95. The first-order valence-electron chi connectivity index (χ1n) is 6.58.